The molecule has 2 N–H and O–H groups in total. The lowest BCUT2D eigenvalue weighted by Gasteiger charge is -2.22. The van der Waals surface area contributed by atoms with Crippen molar-refractivity contribution in [1.29, 1.82) is 0 Å². The van der Waals surface area contributed by atoms with Crippen LogP contribution in [0.4, 0.5) is 0 Å². The first-order valence-corrected chi connectivity index (χ1v) is 7.11. The molecule has 1 aliphatic heterocycles. The topological polar surface area (TPSA) is 61.7 Å². The maximum atomic E-state index is 11.8. The van der Waals surface area contributed by atoms with E-state index in [1.807, 2.05) is 13.8 Å². The Morgan fingerprint density at radius 2 is 2.12 bits per heavy atom. The molecule has 0 aromatic carbocycles. The molecule has 2 aliphatic rings. The van der Waals surface area contributed by atoms with Crippen molar-refractivity contribution in [1.82, 2.24) is 5.32 Å². The van der Waals surface area contributed by atoms with Crippen LogP contribution in [0, 0.1) is 0 Å². The number of thioether (sulfide) groups is 1. The number of hydrogen-bond acceptors (Lipinski definition) is 4. The van der Waals surface area contributed by atoms with Crippen LogP contribution in [0.15, 0.2) is 4.99 Å². The van der Waals surface area contributed by atoms with Gasteiger partial charge in [-0.05, 0) is 39.0 Å². The molecule has 0 aromatic rings. The van der Waals surface area contributed by atoms with Gasteiger partial charge in [-0.1, -0.05) is 18.7 Å². The van der Waals surface area contributed by atoms with Gasteiger partial charge in [0.15, 0.2) is 5.17 Å². The van der Waals surface area contributed by atoms with Crippen LogP contribution in [0.1, 0.15) is 46.0 Å². The van der Waals surface area contributed by atoms with Gasteiger partial charge >= 0.3 is 0 Å². The average Bonchev–Trinajstić information content (AvgIpc) is 2.58. The Morgan fingerprint density at radius 1 is 1.47 bits per heavy atom. The number of nitrogens with one attached hydrogen (secondary N) is 1. The fraction of sp³-hybridized carbons (Fsp3) is 0.833. The normalized spacial score (nSPS) is 40.6. The summed E-state index contributed by atoms with van der Waals surface area (Å²) < 4.78 is -0.354. The molecule has 1 atom stereocenters. The smallest absolute Gasteiger partial charge is 0.242 e. The number of hydrogen-bond donors (Lipinski definition) is 2. The molecule has 1 amide bonds. The van der Waals surface area contributed by atoms with Gasteiger partial charge in [-0.15, -0.1) is 0 Å². The van der Waals surface area contributed by atoms with Crippen LogP contribution in [0.2, 0.25) is 0 Å². The standard InChI is InChI=1S/C12H20N2O2S/c1-3-12(2)10(16)14-11(17-12)13-8-4-6-9(15)7-5-8/h8-9,15H,3-7H2,1-2H3,(H,13,14,16). The van der Waals surface area contributed by atoms with Gasteiger partial charge in [0.1, 0.15) is 0 Å². The molecule has 1 heterocycles. The highest BCUT2D eigenvalue weighted by Crippen LogP contribution is 2.35. The van der Waals surface area contributed by atoms with E-state index in [1.165, 1.54) is 0 Å². The van der Waals surface area contributed by atoms with Crippen LogP contribution in [0.25, 0.3) is 0 Å². The van der Waals surface area contributed by atoms with Gasteiger partial charge < -0.3 is 10.4 Å². The monoisotopic (exact) mass is 256 g/mol. The highest BCUT2D eigenvalue weighted by atomic mass is 32.2. The predicted octanol–water partition coefficient (Wildman–Crippen LogP) is 1.68. The van der Waals surface area contributed by atoms with Crippen LogP contribution in [-0.2, 0) is 4.79 Å². The molecule has 1 unspecified atom stereocenters. The number of amidine groups is 1. The van der Waals surface area contributed by atoms with E-state index in [1.54, 1.807) is 11.8 Å². The van der Waals surface area contributed by atoms with E-state index in [2.05, 4.69) is 10.3 Å². The second-order valence-electron chi connectivity index (χ2n) is 5.04. The molecule has 1 saturated heterocycles. The van der Waals surface area contributed by atoms with Crippen LogP contribution < -0.4 is 5.32 Å². The minimum absolute atomic E-state index is 0.0691. The Hall–Kier alpha value is -0.550. The molecule has 17 heavy (non-hydrogen) atoms. The van der Waals surface area contributed by atoms with Crippen molar-refractivity contribution in [2.24, 2.45) is 4.99 Å². The number of carbonyl (C=O) groups is 1. The molecule has 0 aromatic heterocycles. The van der Waals surface area contributed by atoms with E-state index >= 15 is 0 Å². The maximum Gasteiger partial charge on any atom is 0.242 e. The largest absolute Gasteiger partial charge is 0.393 e. The number of aliphatic hydroxyl groups excluding tert-OH is 1. The summed E-state index contributed by atoms with van der Waals surface area (Å²) >= 11 is 1.54. The van der Waals surface area contributed by atoms with E-state index in [0.29, 0.717) is 0 Å². The Labute approximate surface area is 106 Å². The first-order chi connectivity index (χ1) is 8.03. The minimum atomic E-state index is -0.354. The van der Waals surface area contributed by atoms with E-state index < -0.39 is 0 Å². The molecule has 2 rings (SSSR count). The fourth-order valence-electron chi connectivity index (χ4n) is 2.16. The van der Waals surface area contributed by atoms with Gasteiger partial charge in [0.25, 0.3) is 0 Å². The summed E-state index contributed by atoms with van der Waals surface area (Å²) in [6.45, 7) is 3.98. The molecule has 0 spiro atoms. The second kappa shape index (κ2) is 4.98. The van der Waals surface area contributed by atoms with Crippen molar-refractivity contribution < 1.29 is 9.90 Å². The molecule has 5 heteroatoms. The van der Waals surface area contributed by atoms with Crippen molar-refractivity contribution in [3.8, 4) is 0 Å². The average molecular weight is 256 g/mol. The first-order valence-electron chi connectivity index (χ1n) is 6.30. The third-order valence-corrected chi connectivity index (χ3v) is 4.99. The van der Waals surface area contributed by atoms with Gasteiger partial charge in [-0.25, -0.2) is 0 Å². The van der Waals surface area contributed by atoms with E-state index in [0.717, 1.165) is 37.3 Å². The van der Waals surface area contributed by atoms with Gasteiger partial charge in [0.05, 0.1) is 16.9 Å². The van der Waals surface area contributed by atoms with E-state index in [4.69, 9.17) is 0 Å². The molecule has 0 radical (unpaired) electrons. The highest BCUT2D eigenvalue weighted by Gasteiger charge is 2.41. The van der Waals surface area contributed by atoms with Crippen molar-refractivity contribution in [2.75, 3.05) is 0 Å². The van der Waals surface area contributed by atoms with Gasteiger partial charge in [-0.2, -0.15) is 0 Å². The summed E-state index contributed by atoms with van der Waals surface area (Å²) in [7, 11) is 0. The SMILES string of the molecule is CCC1(C)SC(=NC2CCC(O)CC2)NC1=O. The Morgan fingerprint density at radius 3 is 2.65 bits per heavy atom. The number of nitrogens with zero attached hydrogens (tertiary/aromatic N) is 1. The fourth-order valence-corrected chi connectivity index (χ4v) is 3.22. The summed E-state index contributed by atoms with van der Waals surface area (Å²) in [5.74, 6) is 0.0691. The Bertz CT molecular complexity index is 337. The summed E-state index contributed by atoms with van der Waals surface area (Å²) in [6.07, 6.45) is 4.15. The van der Waals surface area contributed by atoms with Crippen LogP contribution in [0.3, 0.4) is 0 Å². The quantitative estimate of drug-likeness (QED) is 0.790. The number of rotatable bonds is 2. The molecule has 1 aliphatic carbocycles. The van der Waals surface area contributed by atoms with Crippen molar-refractivity contribution in [2.45, 2.75) is 62.8 Å². The highest BCUT2D eigenvalue weighted by molar-refractivity contribution is 8.16. The first kappa shape index (κ1) is 12.9. The number of carbonyl (C=O) groups excluding carboxylic acids is 1. The number of amides is 1. The summed E-state index contributed by atoms with van der Waals surface area (Å²) in [5.41, 5.74) is 0. The molecule has 0 bridgehead atoms. The molecule has 4 nitrogen and oxygen atoms in total. The molecular weight excluding hydrogens is 236 g/mol. The lowest BCUT2D eigenvalue weighted by atomic mass is 9.94. The van der Waals surface area contributed by atoms with Crippen LogP contribution in [0.5, 0.6) is 0 Å². The predicted molar refractivity (Wildman–Crippen MR) is 70.1 cm³/mol. The molecular formula is C12H20N2O2S. The zero-order valence-electron chi connectivity index (χ0n) is 10.4. The second-order valence-corrected chi connectivity index (χ2v) is 6.53. The summed E-state index contributed by atoms with van der Waals surface area (Å²) in [4.78, 5) is 16.4. The van der Waals surface area contributed by atoms with E-state index in [-0.39, 0.29) is 22.8 Å². The third-order valence-electron chi connectivity index (χ3n) is 3.66. The third kappa shape index (κ3) is 2.83. The summed E-state index contributed by atoms with van der Waals surface area (Å²) in [5, 5.41) is 13.1. The van der Waals surface area contributed by atoms with Crippen LogP contribution in [-0.4, -0.2) is 33.1 Å². The minimum Gasteiger partial charge on any atom is -0.393 e. The summed E-state index contributed by atoms with van der Waals surface area (Å²) in [6, 6.07) is 0.264. The van der Waals surface area contributed by atoms with Gasteiger partial charge in [0.2, 0.25) is 5.91 Å². The van der Waals surface area contributed by atoms with Gasteiger partial charge in [-0.3, -0.25) is 9.79 Å². The zero-order valence-corrected chi connectivity index (χ0v) is 11.2. The van der Waals surface area contributed by atoms with Crippen molar-refractivity contribution in [3.05, 3.63) is 0 Å². The molecule has 2 fully saturated rings. The van der Waals surface area contributed by atoms with E-state index in [9.17, 15) is 9.90 Å². The molecule has 1 saturated carbocycles. The maximum absolute atomic E-state index is 11.8. The Kier molecular flexibility index (Phi) is 3.78. The Balaban J connectivity index is 1.98. The lowest BCUT2D eigenvalue weighted by Crippen LogP contribution is -2.33. The van der Waals surface area contributed by atoms with Gasteiger partial charge in [0, 0.05) is 0 Å². The lowest BCUT2D eigenvalue weighted by molar-refractivity contribution is -0.121. The zero-order chi connectivity index (χ0) is 12.5. The van der Waals surface area contributed by atoms with Crippen molar-refractivity contribution in [3.63, 3.8) is 0 Å². The number of aliphatic imine (C=N–C) groups is 1. The molecule has 96 valence electrons. The van der Waals surface area contributed by atoms with Crippen LogP contribution >= 0.6 is 11.8 Å². The number of aliphatic hydroxyl groups is 1. The van der Waals surface area contributed by atoms with Crippen molar-refractivity contribution >= 4 is 22.8 Å².